The second kappa shape index (κ2) is 8.79. The van der Waals surface area contributed by atoms with Crippen LogP contribution in [0.4, 0.5) is 0 Å². The summed E-state index contributed by atoms with van der Waals surface area (Å²) in [6, 6.07) is 10.1. The molecule has 1 aromatic heterocycles. The minimum absolute atomic E-state index is 0.199. The summed E-state index contributed by atoms with van der Waals surface area (Å²) in [5, 5.41) is 0. The molecule has 0 atom stereocenters. The number of H-pyrrole nitrogens is 1. The van der Waals surface area contributed by atoms with Gasteiger partial charge in [-0.2, -0.15) is 4.31 Å². The van der Waals surface area contributed by atoms with Gasteiger partial charge in [0.15, 0.2) is 6.61 Å². The van der Waals surface area contributed by atoms with E-state index in [-0.39, 0.29) is 49.3 Å². The molecule has 0 unspecified atom stereocenters. The number of amides is 1. The Bertz CT molecular complexity index is 945. The molecule has 0 aliphatic carbocycles. The Kier molecular flexibility index (Phi) is 6.39. The van der Waals surface area contributed by atoms with Gasteiger partial charge in [0.1, 0.15) is 5.69 Å². The topological polar surface area (TPSA) is 99.8 Å². The number of benzene rings is 1. The zero-order chi connectivity index (χ0) is 21.0. The summed E-state index contributed by atoms with van der Waals surface area (Å²) < 4.78 is 32.1. The van der Waals surface area contributed by atoms with E-state index in [4.69, 9.17) is 4.74 Å². The maximum Gasteiger partial charge on any atom is 0.355 e. The predicted molar refractivity (Wildman–Crippen MR) is 107 cm³/mol. The summed E-state index contributed by atoms with van der Waals surface area (Å²) in [6.45, 7) is 4.63. The number of ether oxygens (including phenoxy) is 1. The van der Waals surface area contributed by atoms with Crippen molar-refractivity contribution in [2.24, 2.45) is 0 Å². The van der Waals surface area contributed by atoms with Crippen molar-refractivity contribution >= 4 is 21.9 Å². The number of aromatic amines is 1. The molecule has 0 bridgehead atoms. The van der Waals surface area contributed by atoms with Gasteiger partial charge in [-0.25, -0.2) is 13.2 Å². The fourth-order valence-electron chi connectivity index (χ4n) is 3.11. The number of carbonyl (C=O) groups is 2. The molecule has 2 heterocycles. The zero-order valence-electron chi connectivity index (χ0n) is 16.5. The van der Waals surface area contributed by atoms with Gasteiger partial charge in [0, 0.05) is 32.4 Å². The number of piperazine rings is 1. The molecule has 1 fully saturated rings. The maximum absolute atomic E-state index is 12.8. The summed E-state index contributed by atoms with van der Waals surface area (Å²) in [4.78, 5) is 28.5. The summed E-state index contributed by atoms with van der Waals surface area (Å²) >= 11 is 0. The van der Waals surface area contributed by atoms with Crippen LogP contribution in [0.15, 0.2) is 47.5 Å². The Morgan fingerprint density at radius 1 is 1.07 bits per heavy atom. The summed E-state index contributed by atoms with van der Waals surface area (Å²) in [7, 11) is -3.60. The van der Waals surface area contributed by atoms with Gasteiger partial charge < -0.3 is 14.6 Å². The largest absolute Gasteiger partial charge is 0.451 e. The van der Waals surface area contributed by atoms with Gasteiger partial charge in [0.2, 0.25) is 10.0 Å². The van der Waals surface area contributed by atoms with Crippen LogP contribution in [0.5, 0.6) is 0 Å². The van der Waals surface area contributed by atoms with Gasteiger partial charge in [-0.15, -0.1) is 0 Å². The Morgan fingerprint density at radius 3 is 2.28 bits per heavy atom. The smallest absolute Gasteiger partial charge is 0.355 e. The van der Waals surface area contributed by atoms with E-state index in [1.54, 1.807) is 30.5 Å². The molecule has 2 aromatic rings. The Hall–Kier alpha value is -2.65. The lowest BCUT2D eigenvalue weighted by Crippen LogP contribution is -2.51. The van der Waals surface area contributed by atoms with E-state index < -0.39 is 16.0 Å². The molecule has 1 amide bonds. The average Bonchev–Trinajstić information content (AvgIpc) is 3.27. The van der Waals surface area contributed by atoms with E-state index in [0.29, 0.717) is 5.92 Å². The molecule has 0 radical (unpaired) electrons. The number of esters is 1. The monoisotopic (exact) mass is 419 g/mol. The van der Waals surface area contributed by atoms with Gasteiger partial charge in [-0.1, -0.05) is 26.0 Å². The molecule has 1 saturated heterocycles. The number of hydrogen-bond donors (Lipinski definition) is 1. The van der Waals surface area contributed by atoms with Crippen molar-refractivity contribution in [3.8, 4) is 0 Å². The maximum atomic E-state index is 12.8. The molecule has 1 aliphatic heterocycles. The lowest BCUT2D eigenvalue weighted by Gasteiger charge is -2.33. The van der Waals surface area contributed by atoms with Crippen LogP contribution >= 0.6 is 0 Å². The molecular weight excluding hydrogens is 394 g/mol. The number of aromatic nitrogens is 1. The summed E-state index contributed by atoms with van der Waals surface area (Å²) in [5.41, 5.74) is 1.35. The third-order valence-electron chi connectivity index (χ3n) is 4.92. The van der Waals surface area contributed by atoms with Crippen LogP contribution < -0.4 is 0 Å². The first-order valence-corrected chi connectivity index (χ1v) is 10.9. The van der Waals surface area contributed by atoms with Crippen molar-refractivity contribution in [3.63, 3.8) is 0 Å². The van der Waals surface area contributed by atoms with Crippen molar-refractivity contribution in [2.45, 2.75) is 24.7 Å². The SMILES string of the molecule is CC(C)c1ccc(S(=O)(=O)N2CCN(C(=O)COC(=O)c3ccc[nH]3)CC2)cc1. The van der Waals surface area contributed by atoms with Crippen LogP contribution in [-0.4, -0.2) is 67.3 Å². The van der Waals surface area contributed by atoms with Crippen molar-refractivity contribution in [2.75, 3.05) is 32.8 Å². The van der Waals surface area contributed by atoms with Crippen LogP contribution in [0.1, 0.15) is 35.8 Å². The van der Waals surface area contributed by atoms with E-state index >= 15 is 0 Å². The number of hydrogen-bond acceptors (Lipinski definition) is 5. The zero-order valence-corrected chi connectivity index (χ0v) is 17.3. The molecule has 3 rings (SSSR count). The number of sulfonamides is 1. The molecule has 1 aromatic carbocycles. The first-order valence-electron chi connectivity index (χ1n) is 9.47. The van der Waals surface area contributed by atoms with E-state index in [2.05, 4.69) is 18.8 Å². The van der Waals surface area contributed by atoms with Crippen molar-refractivity contribution in [3.05, 3.63) is 53.9 Å². The lowest BCUT2D eigenvalue weighted by molar-refractivity contribution is -0.135. The summed E-state index contributed by atoms with van der Waals surface area (Å²) in [6.07, 6.45) is 1.59. The quantitative estimate of drug-likeness (QED) is 0.720. The second-order valence-corrected chi connectivity index (χ2v) is 9.11. The van der Waals surface area contributed by atoms with E-state index in [1.807, 2.05) is 12.1 Å². The van der Waals surface area contributed by atoms with Crippen molar-refractivity contribution < 1.29 is 22.7 Å². The fourth-order valence-corrected chi connectivity index (χ4v) is 4.53. The molecule has 29 heavy (non-hydrogen) atoms. The highest BCUT2D eigenvalue weighted by Crippen LogP contribution is 2.21. The summed E-state index contributed by atoms with van der Waals surface area (Å²) in [5.74, 6) is -0.620. The first kappa shape index (κ1) is 21.1. The standard InChI is InChI=1S/C20H25N3O5S/c1-15(2)16-5-7-17(8-6-16)29(26,27)23-12-10-22(11-13-23)19(24)14-28-20(25)18-4-3-9-21-18/h3-9,15,21H,10-14H2,1-2H3. The molecule has 0 saturated carbocycles. The van der Waals surface area contributed by atoms with Crippen LogP contribution in [0.2, 0.25) is 0 Å². The number of carbonyl (C=O) groups excluding carboxylic acids is 2. The van der Waals surface area contributed by atoms with Crippen molar-refractivity contribution in [1.29, 1.82) is 0 Å². The predicted octanol–water partition coefficient (Wildman–Crippen LogP) is 1.83. The van der Waals surface area contributed by atoms with Crippen LogP contribution in [0.25, 0.3) is 0 Å². The molecule has 9 heteroatoms. The third-order valence-corrected chi connectivity index (χ3v) is 6.83. The van der Waals surface area contributed by atoms with Crippen molar-refractivity contribution in [1.82, 2.24) is 14.2 Å². The number of rotatable bonds is 6. The normalized spacial score (nSPS) is 15.5. The molecular formula is C20H25N3O5S. The fraction of sp³-hybridized carbons (Fsp3) is 0.400. The highest BCUT2D eigenvalue weighted by molar-refractivity contribution is 7.89. The lowest BCUT2D eigenvalue weighted by atomic mass is 10.0. The molecule has 0 spiro atoms. The Labute approximate surface area is 170 Å². The molecule has 1 aliphatic rings. The minimum atomic E-state index is -3.60. The van der Waals surface area contributed by atoms with Crippen LogP contribution in [-0.2, 0) is 19.6 Å². The third kappa shape index (κ3) is 4.86. The van der Waals surface area contributed by atoms with Gasteiger partial charge in [-0.3, -0.25) is 4.79 Å². The number of nitrogens with zero attached hydrogens (tertiary/aromatic N) is 2. The molecule has 156 valence electrons. The van der Waals surface area contributed by atoms with E-state index in [9.17, 15) is 18.0 Å². The first-order chi connectivity index (χ1) is 13.8. The average molecular weight is 420 g/mol. The van der Waals surface area contributed by atoms with Gasteiger partial charge >= 0.3 is 5.97 Å². The highest BCUT2D eigenvalue weighted by atomic mass is 32.2. The van der Waals surface area contributed by atoms with Crippen LogP contribution in [0, 0.1) is 0 Å². The second-order valence-electron chi connectivity index (χ2n) is 7.17. The van der Waals surface area contributed by atoms with E-state index in [1.165, 1.54) is 9.21 Å². The Morgan fingerprint density at radius 2 is 1.72 bits per heavy atom. The van der Waals surface area contributed by atoms with Gasteiger partial charge in [0.05, 0.1) is 4.90 Å². The minimum Gasteiger partial charge on any atom is -0.451 e. The van der Waals surface area contributed by atoms with Gasteiger partial charge in [0.25, 0.3) is 5.91 Å². The molecule has 8 nitrogen and oxygen atoms in total. The van der Waals surface area contributed by atoms with Gasteiger partial charge in [-0.05, 0) is 35.7 Å². The molecule has 1 N–H and O–H groups in total. The highest BCUT2D eigenvalue weighted by Gasteiger charge is 2.30. The number of nitrogens with one attached hydrogen (secondary N) is 1. The van der Waals surface area contributed by atoms with E-state index in [0.717, 1.165) is 5.56 Å². The van der Waals surface area contributed by atoms with Crippen LogP contribution in [0.3, 0.4) is 0 Å². The Balaban J connectivity index is 1.53.